The highest BCUT2D eigenvalue weighted by molar-refractivity contribution is 5.79. The average Bonchev–Trinajstić information content (AvgIpc) is 3.17. The van der Waals surface area contributed by atoms with Crippen LogP contribution in [0.5, 0.6) is 5.88 Å². The highest BCUT2D eigenvalue weighted by atomic mass is 16.5. The Morgan fingerprint density at radius 1 is 1.12 bits per heavy atom. The van der Waals surface area contributed by atoms with Crippen LogP contribution in [0.3, 0.4) is 0 Å². The molecule has 2 aliphatic rings. The molecule has 3 rings (SSSR count). The van der Waals surface area contributed by atoms with E-state index >= 15 is 0 Å². The molecule has 0 radical (unpaired) electrons. The van der Waals surface area contributed by atoms with E-state index in [0.717, 1.165) is 44.8 Å². The van der Waals surface area contributed by atoms with E-state index in [2.05, 4.69) is 15.1 Å². The Morgan fingerprint density at radius 2 is 1.88 bits per heavy atom. The molecule has 0 unspecified atom stereocenters. The van der Waals surface area contributed by atoms with Crippen LogP contribution in [0.2, 0.25) is 0 Å². The van der Waals surface area contributed by atoms with Gasteiger partial charge in [-0.05, 0) is 18.9 Å². The van der Waals surface area contributed by atoms with E-state index < -0.39 is 0 Å². The number of hydrogen-bond donors (Lipinski definition) is 0. The SMILES string of the molecule is COCCOc1ccc(N2CCN(C(=O)C3CCCC3)CC2)nn1. The fraction of sp³-hybridized carbons (Fsp3) is 0.706. The van der Waals surface area contributed by atoms with Gasteiger partial charge in [0.2, 0.25) is 11.8 Å². The van der Waals surface area contributed by atoms with E-state index in [-0.39, 0.29) is 5.92 Å². The third kappa shape index (κ3) is 4.14. The Hall–Kier alpha value is -1.89. The van der Waals surface area contributed by atoms with Gasteiger partial charge in [0.25, 0.3) is 0 Å². The Bertz CT molecular complexity index is 523. The quantitative estimate of drug-likeness (QED) is 0.732. The molecular weight excluding hydrogens is 308 g/mol. The normalized spacial score (nSPS) is 18.9. The van der Waals surface area contributed by atoms with Crippen molar-refractivity contribution < 1.29 is 14.3 Å². The lowest BCUT2D eigenvalue weighted by molar-refractivity contribution is -0.135. The van der Waals surface area contributed by atoms with Crippen LogP contribution in [0.25, 0.3) is 0 Å². The molecule has 24 heavy (non-hydrogen) atoms. The molecule has 132 valence electrons. The Morgan fingerprint density at radius 3 is 2.50 bits per heavy atom. The van der Waals surface area contributed by atoms with Crippen LogP contribution in [0, 0.1) is 5.92 Å². The van der Waals surface area contributed by atoms with Gasteiger partial charge in [-0.3, -0.25) is 4.79 Å². The number of aromatic nitrogens is 2. The van der Waals surface area contributed by atoms with E-state index in [1.807, 2.05) is 17.0 Å². The van der Waals surface area contributed by atoms with Crippen molar-refractivity contribution in [3.63, 3.8) is 0 Å². The van der Waals surface area contributed by atoms with E-state index in [4.69, 9.17) is 9.47 Å². The van der Waals surface area contributed by atoms with Gasteiger partial charge in [0.15, 0.2) is 5.82 Å². The first-order valence-electron chi connectivity index (χ1n) is 8.77. The fourth-order valence-electron chi connectivity index (χ4n) is 3.38. The monoisotopic (exact) mass is 334 g/mol. The molecule has 1 aromatic rings. The zero-order chi connectivity index (χ0) is 16.8. The molecule has 1 aliphatic heterocycles. The summed E-state index contributed by atoms with van der Waals surface area (Å²) in [5, 5.41) is 8.33. The number of nitrogens with zero attached hydrogens (tertiary/aromatic N) is 4. The molecular formula is C17H26N4O3. The van der Waals surface area contributed by atoms with Crippen LogP contribution in [0.15, 0.2) is 12.1 Å². The highest BCUT2D eigenvalue weighted by Crippen LogP contribution is 2.27. The lowest BCUT2D eigenvalue weighted by atomic mass is 10.1. The van der Waals surface area contributed by atoms with Crippen molar-refractivity contribution in [3.05, 3.63) is 12.1 Å². The van der Waals surface area contributed by atoms with Crippen LogP contribution < -0.4 is 9.64 Å². The van der Waals surface area contributed by atoms with Gasteiger partial charge in [-0.15, -0.1) is 10.2 Å². The van der Waals surface area contributed by atoms with Crippen molar-refractivity contribution in [3.8, 4) is 5.88 Å². The number of ether oxygens (including phenoxy) is 2. The molecule has 0 aromatic carbocycles. The first kappa shape index (κ1) is 17.0. The predicted octanol–water partition coefficient (Wildman–Crippen LogP) is 1.34. The van der Waals surface area contributed by atoms with E-state index in [1.54, 1.807) is 7.11 Å². The van der Waals surface area contributed by atoms with Crippen molar-refractivity contribution in [2.45, 2.75) is 25.7 Å². The molecule has 0 bridgehead atoms. The number of methoxy groups -OCH3 is 1. The summed E-state index contributed by atoms with van der Waals surface area (Å²) in [7, 11) is 1.63. The minimum atomic E-state index is 0.264. The number of amides is 1. The molecule has 1 saturated carbocycles. The van der Waals surface area contributed by atoms with Gasteiger partial charge < -0.3 is 19.3 Å². The Labute approximate surface area is 142 Å². The summed E-state index contributed by atoms with van der Waals surface area (Å²) in [5.41, 5.74) is 0. The van der Waals surface area contributed by atoms with Crippen molar-refractivity contribution in [1.82, 2.24) is 15.1 Å². The number of anilines is 1. The Balaban J connectivity index is 1.48. The summed E-state index contributed by atoms with van der Waals surface area (Å²) in [6.07, 6.45) is 4.53. The predicted molar refractivity (Wildman–Crippen MR) is 90.2 cm³/mol. The molecule has 1 saturated heterocycles. The first-order chi connectivity index (χ1) is 11.8. The van der Waals surface area contributed by atoms with Crippen molar-refractivity contribution in [2.75, 3.05) is 51.4 Å². The maximum Gasteiger partial charge on any atom is 0.233 e. The van der Waals surface area contributed by atoms with Crippen LogP contribution in [-0.2, 0) is 9.53 Å². The molecule has 0 atom stereocenters. The van der Waals surface area contributed by atoms with Crippen LogP contribution in [-0.4, -0.2) is 67.5 Å². The molecule has 0 spiro atoms. The second kappa shape index (κ2) is 8.28. The number of piperazine rings is 1. The second-order valence-corrected chi connectivity index (χ2v) is 6.36. The van der Waals surface area contributed by atoms with Gasteiger partial charge in [0, 0.05) is 45.3 Å². The summed E-state index contributed by atoms with van der Waals surface area (Å²) < 4.78 is 10.4. The van der Waals surface area contributed by atoms with E-state index in [9.17, 15) is 4.79 Å². The van der Waals surface area contributed by atoms with Gasteiger partial charge in [-0.2, -0.15) is 0 Å². The molecule has 2 fully saturated rings. The summed E-state index contributed by atoms with van der Waals surface area (Å²) in [4.78, 5) is 16.7. The zero-order valence-corrected chi connectivity index (χ0v) is 14.3. The summed E-state index contributed by atoms with van der Waals surface area (Å²) >= 11 is 0. The summed E-state index contributed by atoms with van der Waals surface area (Å²) in [6, 6.07) is 3.75. The van der Waals surface area contributed by atoms with Crippen molar-refractivity contribution in [1.29, 1.82) is 0 Å². The molecule has 1 aliphatic carbocycles. The molecule has 2 heterocycles. The Kier molecular flexibility index (Phi) is 5.85. The van der Waals surface area contributed by atoms with Gasteiger partial charge in [-0.25, -0.2) is 0 Å². The summed E-state index contributed by atoms with van der Waals surface area (Å²) in [6.45, 7) is 4.13. The molecule has 7 heteroatoms. The van der Waals surface area contributed by atoms with Crippen molar-refractivity contribution >= 4 is 11.7 Å². The molecule has 1 amide bonds. The molecule has 0 N–H and O–H groups in total. The first-order valence-corrected chi connectivity index (χ1v) is 8.77. The van der Waals surface area contributed by atoms with Crippen LogP contribution >= 0.6 is 0 Å². The van der Waals surface area contributed by atoms with Gasteiger partial charge in [0.05, 0.1) is 6.61 Å². The lowest BCUT2D eigenvalue weighted by Crippen LogP contribution is -2.50. The number of hydrogen-bond acceptors (Lipinski definition) is 6. The standard InChI is InChI=1S/C17H26N4O3/c1-23-12-13-24-16-7-6-15(18-19-16)20-8-10-21(11-9-20)17(22)14-4-2-3-5-14/h6-7,14H,2-5,8-13H2,1H3. The van der Waals surface area contributed by atoms with Gasteiger partial charge >= 0.3 is 0 Å². The van der Waals surface area contributed by atoms with Crippen LogP contribution in [0.4, 0.5) is 5.82 Å². The lowest BCUT2D eigenvalue weighted by Gasteiger charge is -2.36. The maximum atomic E-state index is 12.5. The second-order valence-electron chi connectivity index (χ2n) is 6.36. The van der Waals surface area contributed by atoms with Gasteiger partial charge in [0.1, 0.15) is 6.61 Å². The molecule has 1 aromatic heterocycles. The zero-order valence-electron chi connectivity index (χ0n) is 14.3. The number of carbonyl (C=O) groups is 1. The van der Waals surface area contributed by atoms with Crippen molar-refractivity contribution in [2.24, 2.45) is 5.92 Å². The summed E-state index contributed by atoms with van der Waals surface area (Å²) in [5.74, 6) is 1.95. The topological polar surface area (TPSA) is 67.8 Å². The smallest absolute Gasteiger partial charge is 0.233 e. The average molecular weight is 334 g/mol. The number of rotatable bonds is 6. The minimum absolute atomic E-state index is 0.264. The maximum absolute atomic E-state index is 12.5. The third-order valence-corrected chi connectivity index (χ3v) is 4.78. The molecule has 7 nitrogen and oxygen atoms in total. The highest BCUT2D eigenvalue weighted by Gasteiger charge is 2.29. The van der Waals surface area contributed by atoms with Crippen LogP contribution in [0.1, 0.15) is 25.7 Å². The fourth-order valence-corrected chi connectivity index (χ4v) is 3.38. The number of carbonyl (C=O) groups excluding carboxylic acids is 1. The van der Waals surface area contributed by atoms with E-state index in [1.165, 1.54) is 12.8 Å². The van der Waals surface area contributed by atoms with E-state index in [0.29, 0.717) is 25.0 Å². The largest absolute Gasteiger partial charge is 0.474 e. The third-order valence-electron chi connectivity index (χ3n) is 4.78. The van der Waals surface area contributed by atoms with Gasteiger partial charge in [-0.1, -0.05) is 12.8 Å². The minimum Gasteiger partial charge on any atom is -0.474 e.